The predicted octanol–water partition coefficient (Wildman–Crippen LogP) is 1.20. The molecular formula is C7H6F3NO2. The number of hydrogen-bond donors (Lipinski definition) is 2. The summed E-state index contributed by atoms with van der Waals surface area (Å²) in [6.07, 6.45) is 0. The Morgan fingerprint density at radius 3 is 2.46 bits per heavy atom. The first-order chi connectivity index (χ1) is 6.07. The molecule has 0 unspecified atom stereocenters. The largest absolute Gasteiger partial charge is 0.504 e. The Balaban J connectivity index is 3.28. The van der Waals surface area contributed by atoms with Crippen LogP contribution < -0.4 is 5.90 Å². The fourth-order valence-corrected chi connectivity index (χ4v) is 0.850. The minimum absolute atomic E-state index is 0.241. The van der Waals surface area contributed by atoms with E-state index >= 15 is 0 Å². The van der Waals surface area contributed by atoms with E-state index in [9.17, 15) is 13.2 Å². The van der Waals surface area contributed by atoms with Crippen LogP contribution in [0.25, 0.3) is 0 Å². The van der Waals surface area contributed by atoms with E-state index in [1.165, 1.54) is 0 Å². The maximum atomic E-state index is 12.8. The van der Waals surface area contributed by atoms with Gasteiger partial charge in [0.2, 0.25) is 0 Å². The molecule has 0 bridgehead atoms. The van der Waals surface area contributed by atoms with E-state index in [2.05, 4.69) is 10.7 Å². The summed E-state index contributed by atoms with van der Waals surface area (Å²) < 4.78 is 37.9. The Hall–Kier alpha value is -1.27. The fourth-order valence-electron chi connectivity index (χ4n) is 0.850. The summed E-state index contributed by atoms with van der Waals surface area (Å²) in [6, 6.07) is 0.241. The normalized spacial score (nSPS) is 10.5. The lowest BCUT2D eigenvalue weighted by atomic mass is 10.2. The standard InChI is InChI=1S/C7H6F3NO2/c8-4-1-5(9)7(12)3(2-13-11)6(4)10/h1,12H,2,11H2. The molecule has 0 aliphatic rings. The van der Waals surface area contributed by atoms with Crippen molar-refractivity contribution in [1.29, 1.82) is 0 Å². The summed E-state index contributed by atoms with van der Waals surface area (Å²) >= 11 is 0. The monoisotopic (exact) mass is 193 g/mol. The molecule has 13 heavy (non-hydrogen) atoms. The molecule has 6 heteroatoms. The van der Waals surface area contributed by atoms with Crippen LogP contribution in [-0.4, -0.2) is 5.11 Å². The molecule has 0 amide bonds. The summed E-state index contributed by atoms with van der Waals surface area (Å²) in [6.45, 7) is -0.605. The number of halogens is 3. The number of aromatic hydroxyl groups is 1. The minimum atomic E-state index is -1.40. The van der Waals surface area contributed by atoms with E-state index < -0.39 is 35.4 Å². The minimum Gasteiger partial charge on any atom is -0.504 e. The van der Waals surface area contributed by atoms with Gasteiger partial charge in [-0.3, -0.25) is 4.84 Å². The molecule has 0 atom stereocenters. The molecule has 0 aliphatic heterocycles. The summed E-state index contributed by atoms with van der Waals surface area (Å²) in [5.41, 5.74) is -0.639. The molecule has 0 saturated heterocycles. The van der Waals surface area contributed by atoms with Crippen LogP contribution in [-0.2, 0) is 11.4 Å². The number of benzene rings is 1. The first-order valence-corrected chi connectivity index (χ1v) is 3.25. The second kappa shape index (κ2) is 3.63. The molecule has 3 nitrogen and oxygen atoms in total. The Morgan fingerprint density at radius 1 is 1.31 bits per heavy atom. The van der Waals surface area contributed by atoms with Crippen molar-refractivity contribution in [2.75, 3.05) is 0 Å². The van der Waals surface area contributed by atoms with Crippen molar-refractivity contribution in [1.82, 2.24) is 0 Å². The third-order valence-corrected chi connectivity index (χ3v) is 1.47. The van der Waals surface area contributed by atoms with E-state index in [-0.39, 0.29) is 6.07 Å². The van der Waals surface area contributed by atoms with Gasteiger partial charge in [-0.15, -0.1) is 0 Å². The van der Waals surface area contributed by atoms with E-state index in [4.69, 9.17) is 5.11 Å². The quantitative estimate of drug-likeness (QED) is 0.548. The highest BCUT2D eigenvalue weighted by Crippen LogP contribution is 2.26. The number of nitrogens with two attached hydrogens (primary N) is 1. The van der Waals surface area contributed by atoms with Gasteiger partial charge in [0.1, 0.15) is 0 Å². The second-order valence-corrected chi connectivity index (χ2v) is 2.29. The van der Waals surface area contributed by atoms with Crippen molar-refractivity contribution < 1.29 is 23.1 Å². The summed E-state index contributed by atoms with van der Waals surface area (Å²) in [5.74, 6) is -0.450. The van der Waals surface area contributed by atoms with Gasteiger partial charge in [0.25, 0.3) is 0 Å². The first-order valence-electron chi connectivity index (χ1n) is 3.25. The summed E-state index contributed by atoms with van der Waals surface area (Å²) in [7, 11) is 0. The highest BCUT2D eigenvalue weighted by Gasteiger charge is 2.17. The van der Waals surface area contributed by atoms with Gasteiger partial charge in [0.15, 0.2) is 23.2 Å². The van der Waals surface area contributed by atoms with Crippen LogP contribution in [0.3, 0.4) is 0 Å². The molecule has 72 valence electrons. The van der Waals surface area contributed by atoms with Crippen molar-refractivity contribution in [3.8, 4) is 5.75 Å². The third kappa shape index (κ3) is 1.73. The van der Waals surface area contributed by atoms with Crippen molar-refractivity contribution in [3.05, 3.63) is 29.1 Å². The maximum Gasteiger partial charge on any atom is 0.168 e. The van der Waals surface area contributed by atoms with Crippen LogP contribution in [0.15, 0.2) is 6.07 Å². The highest BCUT2D eigenvalue weighted by molar-refractivity contribution is 5.35. The number of phenolic OH excluding ortho intramolecular Hbond substituents is 1. The van der Waals surface area contributed by atoms with Crippen LogP contribution in [0.5, 0.6) is 5.75 Å². The molecule has 0 saturated carbocycles. The van der Waals surface area contributed by atoms with Gasteiger partial charge in [-0.05, 0) is 0 Å². The van der Waals surface area contributed by atoms with E-state index in [1.54, 1.807) is 0 Å². The second-order valence-electron chi connectivity index (χ2n) is 2.29. The molecule has 0 aliphatic carbocycles. The lowest BCUT2D eigenvalue weighted by molar-refractivity contribution is 0.118. The van der Waals surface area contributed by atoms with Crippen LogP contribution in [0.2, 0.25) is 0 Å². The van der Waals surface area contributed by atoms with Crippen molar-refractivity contribution in [3.63, 3.8) is 0 Å². The Labute approximate surface area is 71.5 Å². The lowest BCUT2D eigenvalue weighted by Crippen LogP contribution is -2.04. The topological polar surface area (TPSA) is 55.5 Å². The van der Waals surface area contributed by atoms with Crippen LogP contribution in [0.4, 0.5) is 13.2 Å². The van der Waals surface area contributed by atoms with E-state index in [1.807, 2.05) is 0 Å². The lowest BCUT2D eigenvalue weighted by Gasteiger charge is -2.05. The Kier molecular flexibility index (Phi) is 2.74. The van der Waals surface area contributed by atoms with Gasteiger partial charge in [-0.2, -0.15) is 0 Å². The van der Waals surface area contributed by atoms with Gasteiger partial charge < -0.3 is 5.11 Å². The molecule has 0 heterocycles. The first kappa shape index (κ1) is 9.82. The molecule has 1 rings (SSSR count). The zero-order chi connectivity index (χ0) is 10.0. The van der Waals surface area contributed by atoms with E-state index in [0.29, 0.717) is 0 Å². The van der Waals surface area contributed by atoms with E-state index in [0.717, 1.165) is 0 Å². The average molecular weight is 193 g/mol. The average Bonchev–Trinajstić information content (AvgIpc) is 2.09. The maximum absolute atomic E-state index is 12.8. The fraction of sp³-hybridized carbons (Fsp3) is 0.143. The number of phenols is 1. The predicted molar refractivity (Wildman–Crippen MR) is 37.0 cm³/mol. The number of hydrogen-bond acceptors (Lipinski definition) is 3. The van der Waals surface area contributed by atoms with Gasteiger partial charge in [-0.25, -0.2) is 19.1 Å². The number of rotatable bonds is 2. The zero-order valence-corrected chi connectivity index (χ0v) is 6.35. The van der Waals surface area contributed by atoms with Crippen LogP contribution in [0, 0.1) is 17.5 Å². The summed E-state index contributed by atoms with van der Waals surface area (Å²) in [4.78, 5) is 3.97. The zero-order valence-electron chi connectivity index (χ0n) is 6.35. The Bertz CT molecular complexity index is 304. The van der Waals surface area contributed by atoms with Gasteiger partial charge in [0, 0.05) is 6.07 Å². The van der Waals surface area contributed by atoms with Gasteiger partial charge in [-0.1, -0.05) is 0 Å². The smallest absolute Gasteiger partial charge is 0.168 e. The molecule has 0 fully saturated rings. The molecular weight excluding hydrogens is 187 g/mol. The van der Waals surface area contributed by atoms with Crippen molar-refractivity contribution in [2.24, 2.45) is 5.90 Å². The molecule has 1 aromatic carbocycles. The molecule has 0 aromatic heterocycles. The Morgan fingerprint density at radius 2 is 1.92 bits per heavy atom. The van der Waals surface area contributed by atoms with Gasteiger partial charge in [0.05, 0.1) is 12.2 Å². The third-order valence-electron chi connectivity index (χ3n) is 1.47. The molecule has 0 spiro atoms. The highest BCUT2D eigenvalue weighted by atomic mass is 19.2. The summed E-state index contributed by atoms with van der Waals surface area (Å²) in [5, 5.41) is 8.92. The SMILES string of the molecule is NOCc1c(O)c(F)cc(F)c1F. The van der Waals surface area contributed by atoms with Crippen molar-refractivity contribution >= 4 is 0 Å². The van der Waals surface area contributed by atoms with Crippen molar-refractivity contribution in [2.45, 2.75) is 6.61 Å². The van der Waals surface area contributed by atoms with Crippen LogP contribution in [0.1, 0.15) is 5.56 Å². The molecule has 1 aromatic rings. The van der Waals surface area contributed by atoms with Gasteiger partial charge >= 0.3 is 0 Å². The molecule has 3 N–H and O–H groups in total. The van der Waals surface area contributed by atoms with Crippen LogP contribution >= 0.6 is 0 Å². The molecule has 0 radical (unpaired) electrons.